The number of hydrogen-bond donors (Lipinski definition) is 2. The summed E-state index contributed by atoms with van der Waals surface area (Å²) < 4.78 is 0. The molecule has 2 bridgehead atoms. The molecule has 0 radical (unpaired) electrons. The highest BCUT2D eigenvalue weighted by molar-refractivity contribution is 7.09. The van der Waals surface area contributed by atoms with Gasteiger partial charge in [0.05, 0.1) is 12.5 Å². The van der Waals surface area contributed by atoms with Gasteiger partial charge < -0.3 is 11.1 Å². The average Bonchev–Trinajstić information content (AvgIpc) is 3.02. The summed E-state index contributed by atoms with van der Waals surface area (Å²) in [6.45, 7) is 2.51. The Morgan fingerprint density at radius 3 is 2.70 bits per heavy atom. The maximum atomic E-state index is 12.2. The van der Waals surface area contributed by atoms with Crippen molar-refractivity contribution in [1.82, 2.24) is 10.3 Å². The summed E-state index contributed by atoms with van der Waals surface area (Å²) in [6.07, 6.45) is 3.53. The molecule has 3 rings (SSSR count). The molecule has 7 heteroatoms. The fourth-order valence-corrected chi connectivity index (χ4v) is 4.20. The highest BCUT2D eigenvalue weighted by Gasteiger charge is 2.48. The first kappa shape index (κ1) is 17.7. The number of aryl methyl sites for hydroxylation is 1. The zero-order chi connectivity index (χ0) is 12.7. The lowest BCUT2D eigenvalue weighted by molar-refractivity contribution is -0.127. The van der Waals surface area contributed by atoms with Gasteiger partial charge in [-0.1, -0.05) is 0 Å². The zero-order valence-electron chi connectivity index (χ0n) is 11.4. The smallest absolute Gasteiger partial charge is 0.225 e. The number of amides is 1. The van der Waals surface area contributed by atoms with E-state index in [0.717, 1.165) is 17.1 Å². The molecule has 2 saturated carbocycles. The summed E-state index contributed by atoms with van der Waals surface area (Å²) in [4.78, 5) is 16.6. The minimum absolute atomic E-state index is 0. The molecule has 3 N–H and O–H groups in total. The topological polar surface area (TPSA) is 68.0 Å². The number of nitrogens with one attached hydrogen (secondary N) is 1. The number of fused-ring (bicyclic) bond motifs is 2. The van der Waals surface area contributed by atoms with Crippen molar-refractivity contribution >= 4 is 42.1 Å². The van der Waals surface area contributed by atoms with Crippen molar-refractivity contribution in [2.24, 2.45) is 23.5 Å². The van der Waals surface area contributed by atoms with Crippen molar-refractivity contribution in [1.29, 1.82) is 0 Å². The van der Waals surface area contributed by atoms with E-state index in [1.165, 1.54) is 12.8 Å². The molecule has 2 aliphatic carbocycles. The number of hydrogen-bond acceptors (Lipinski definition) is 4. The summed E-state index contributed by atoms with van der Waals surface area (Å²) in [5, 5.41) is 5.97. The second-order valence-electron chi connectivity index (χ2n) is 5.54. The van der Waals surface area contributed by atoms with Crippen LogP contribution in [-0.4, -0.2) is 16.9 Å². The Hall–Kier alpha value is -0.360. The van der Waals surface area contributed by atoms with Crippen LogP contribution in [0, 0.1) is 24.7 Å². The highest BCUT2D eigenvalue weighted by Crippen LogP contribution is 2.47. The van der Waals surface area contributed by atoms with Crippen LogP contribution in [0.4, 0.5) is 0 Å². The molecule has 1 amide bonds. The molecule has 1 aromatic heterocycles. The number of thiazole rings is 1. The summed E-state index contributed by atoms with van der Waals surface area (Å²) >= 11 is 1.59. The number of carbonyl (C=O) groups is 1. The van der Waals surface area contributed by atoms with Gasteiger partial charge in [0.15, 0.2) is 0 Å². The van der Waals surface area contributed by atoms with Crippen LogP contribution in [0.15, 0.2) is 5.38 Å². The first-order chi connectivity index (χ1) is 8.65. The van der Waals surface area contributed by atoms with Crippen LogP contribution >= 0.6 is 36.2 Å². The molecule has 0 spiro atoms. The van der Waals surface area contributed by atoms with Crippen molar-refractivity contribution in [3.05, 3.63) is 16.1 Å². The van der Waals surface area contributed by atoms with Gasteiger partial charge in [0.25, 0.3) is 0 Å². The van der Waals surface area contributed by atoms with Gasteiger partial charge in [-0.15, -0.1) is 36.2 Å². The molecule has 114 valence electrons. The third kappa shape index (κ3) is 3.27. The molecule has 2 fully saturated rings. The number of halogens is 2. The molecular formula is C13H21Cl2N3OS. The van der Waals surface area contributed by atoms with Gasteiger partial charge in [-0.25, -0.2) is 4.98 Å². The van der Waals surface area contributed by atoms with Gasteiger partial charge >= 0.3 is 0 Å². The van der Waals surface area contributed by atoms with Gasteiger partial charge in [0, 0.05) is 17.1 Å². The van der Waals surface area contributed by atoms with E-state index in [1.54, 1.807) is 11.3 Å². The first-order valence-electron chi connectivity index (χ1n) is 6.59. The summed E-state index contributed by atoms with van der Waals surface area (Å²) in [6, 6.07) is 0.0711. The third-order valence-corrected chi connectivity index (χ3v) is 5.33. The monoisotopic (exact) mass is 337 g/mol. The summed E-state index contributed by atoms with van der Waals surface area (Å²) in [5.74, 6) is 1.25. The Morgan fingerprint density at radius 2 is 2.15 bits per heavy atom. The van der Waals surface area contributed by atoms with Crippen LogP contribution in [0.1, 0.15) is 30.0 Å². The largest absolute Gasteiger partial charge is 0.349 e. The molecule has 4 unspecified atom stereocenters. The Labute approximate surface area is 135 Å². The van der Waals surface area contributed by atoms with Gasteiger partial charge in [0.1, 0.15) is 5.01 Å². The SMILES string of the molecule is Cc1csc(CNC(=O)C2C3CCC(C3)C2N)n1.Cl.Cl. The van der Waals surface area contributed by atoms with Crippen molar-refractivity contribution in [2.45, 2.75) is 38.8 Å². The molecule has 4 atom stereocenters. The second-order valence-corrected chi connectivity index (χ2v) is 6.48. The fourth-order valence-electron chi connectivity index (χ4n) is 3.49. The van der Waals surface area contributed by atoms with Gasteiger partial charge in [0.2, 0.25) is 5.91 Å². The van der Waals surface area contributed by atoms with E-state index in [0.29, 0.717) is 18.4 Å². The number of aromatic nitrogens is 1. The minimum atomic E-state index is 0. The van der Waals surface area contributed by atoms with E-state index in [-0.39, 0.29) is 42.7 Å². The minimum Gasteiger partial charge on any atom is -0.349 e. The lowest BCUT2D eigenvalue weighted by Crippen LogP contribution is -2.45. The van der Waals surface area contributed by atoms with Crippen LogP contribution < -0.4 is 11.1 Å². The lowest BCUT2D eigenvalue weighted by atomic mass is 9.84. The number of nitrogens with two attached hydrogens (primary N) is 1. The van der Waals surface area contributed by atoms with Gasteiger partial charge in [-0.05, 0) is 38.0 Å². The van der Waals surface area contributed by atoms with Crippen LogP contribution in [0.3, 0.4) is 0 Å². The summed E-state index contributed by atoms with van der Waals surface area (Å²) in [7, 11) is 0. The van der Waals surface area contributed by atoms with Crippen LogP contribution in [0.25, 0.3) is 0 Å². The first-order valence-corrected chi connectivity index (χ1v) is 7.47. The Balaban J connectivity index is 0.000001000. The van der Waals surface area contributed by atoms with E-state index >= 15 is 0 Å². The molecule has 20 heavy (non-hydrogen) atoms. The number of rotatable bonds is 3. The predicted octanol–water partition coefficient (Wildman–Crippen LogP) is 2.28. The van der Waals surface area contributed by atoms with Crippen LogP contribution in [0.5, 0.6) is 0 Å². The fraction of sp³-hybridized carbons (Fsp3) is 0.692. The van der Waals surface area contributed by atoms with E-state index in [2.05, 4.69) is 10.3 Å². The predicted molar refractivity (Wildman–Crippen MR) is 85.5 cm³/mol. The molecule has 1 aromatic rings. The quantitative estimate of drug-likeness (QED) is 0.888. The molecule has 0 saturated heterocycles. The van der Waals surface area contributed by atoms with E-state index in [4.69, 9.17) is 5.73 Å². The number of nitrogens with zero attached hydrogens (tertiary/aromatic N) is 1. The highest BCUT2D eigenvalue weighted by atomic mass is 35.5. The number of carbonyl (C=O) groups excluding carboxylic acids is 1. The Bertz CT molecular complexity index is 466. The van der Waals surface area contributed by atoms with Gasteiger partial charge in [-0.2, -0.15) is 0 Å². The Morgan fingerprint density at radius 1 is 1.45 bits per heavy atom. The van der Waals surface area contributed by atoms with E-state index in [1.807, 2.05) is 12.3 Å². The zero-order valence-corrected chi connectivity index (χ0v) is 13.8. The van der Waals surface area contributed by atoms with E-state index < -0.39 is 0 Å². The van der Waals surface area contributed by atoms with Crippen molar-refractivity contribution in [2.75, 3.05) is 0 Å². The molecule has 4 nitrogen and oxygen atoms in total. The molecule has 0 aromatic carbocycles. The molecular weight excluding hydrogens is 317 g/mol. The maximum Gasteiger partial charge on any atom is 0.225 e. The molecule has 2 aliphatic rings. The van der Waals surface area contributed by atoms with Crippen LogP contribution in [-0.2, 0) is 11.3 Å². The average molecular weight is 338 g/mol. The van der Waals surface area contributed by atoms with E-state index in [9.17, 15) is 4.79 Å². The maximum absolute atomic E-state index is 12.2. The molecule has 1 heterocycles. The normalized spacial score (nSPS) is 30.5. The third-order valence-electron chi connectivity index (χ3n) is 4.36. The molecule has 0 aliphatic heterocycles. The lowest BCUT2D eigenvalue weighted by Gasteiger charge is -2.26. The second kappa shape index (κ2) is 7.07. The van der Waals surface area contributed by atoms with Crippen molar-refractivity contribution in [3.63, 3.8) is 0 Å². The van der Waals surface area contributed by atoms with Crippen molar-refractivity contribution < 1.29 is 4.79 Å². The standard InChI is InChI=1S/C13H19N3OS.2ClH/c1-7-6-18-10(16-7)5-15-13(17)11-8-2-3-9(4-8)12(11)14;;/h6,8-9,11-12H,2-5,14H2,1H3,(H,15,17);2*1H. The summed E-state index contributed by atoms with van der Waals surface area (Å²) in [5.41, 5.74) is 7.18. The van der Waals surface area contributed by atoms with Crippen molar-refractivity contribution in [3.8, 4) is 0 Å². The van der Waals surface area contributed by atoms with Gasteiger partial charge in [-0.3, -0.25) is 4.79 Å². The van der Waals surface area contributed by atoms with Crippen LogP contribution in [0.2, 0.25) is 0 Å². The Kier molecular flexibility index (Phi) is 6.25.